The lowest BCUT2D eigenvalue weighted by atomic mass is 9.98. The average Bonchev–Trinajstić information content (AvgIpc) is 3.08. The first kappa shape index (κ1) is 24.6. The molecule has 0 atom stereocenters. The minimum atomic E-state index is 0. The summed E-state index contributed by atoms with van der Waals surface area (Å²) in [5.41, 5.74) is 1.18. The molecule has 166 valence electrons. The number of aliphatic imine (C=N–C) groups is 1. The number of benzene rings is 1. The number of hydrogen-bond acceptors (Lipinski definition) is 4. The summed E-state index contributed by atoms with van der Waals surface area (Å²) in [7, 11) is 1.98. The van der Waals surface area contributed by atoms with Crippen LogP contribution in [0.1, 0.15) is 55.7 Å². The van der Waals surface area contributed by atoms with Gasteiger partial charge in [-0.1, -0.05) is 49.6 Å². The third-order valence-electron chi connectivity index (χ3n) is 5.38. The molecular formula is C22H35IN6O. The van der Waals surface area contributed by atoms with Gasteiger partial charge < -0.3 is 19.9 Å². The molecule has 1 aromatic heterocycles. The molecule has 1 heterocycles. The molecule has 0 spiro atoms. The summed E-state index contributed by atoms with van der Waals surface area (Å²) in [5, 5.41) is 15.1. The highest BCUT2D eigenvalue weighted by Crippen LogP contribution is 2.20. The molecule has 1 aliphatic rings. The Morgan fingerprint density at radius 3 is 2.60 bits per heavy atom. The lowest BCUT2D eigenvalue weighted by molar-refractivity contribution is 0.0277. The maximum absolute atomic E-state index is 6.02. The summed E-state index contributed by atoms with van der Waals surface area (Å²) in [6, 6.07) is 10.3. The minimum absolute atomic E-state index is 0. The third kappa shape index (κ3) is 8.22. The second-order valence-electron chi connectivity index (χ2n) is 7.64. The highest BCUT2D eigenvalue weighted by Gasteiger charge is 2.13. The van der Waals surface area contributed by atoms with Gasteiger partial charge in [0.2, 0.25) is 0 Å². The van der Waals surface area contributed by atoms with Crippen LogP contribution in [0.4, 0.5) is 0 Å². The van der Waals surface area contributed by atoms with Crippen molar-refractivity contribution in [2.24, 2.45) is 12.0 Å². The molecule has 0 radical (unpaired) electrons. The predicted molar refractivity (Wildman–Crippen MR) is 131 cm³/mol. The van der Waals surface area contributed by atoms with E-state index in [1.807, 2.05) is 36.7 Å². The van der Waals surface area contributed by atoms with Crippen LogP contribution in [0, 0.1) is 6.92 Å². The van der Waals surface area contributed by atoms with Crippen LogP contribution in [-0.4, -0.2) is 40.0 Å². The Kier molecular flexibility index (Phi) is 11.1. The van der Waals surface area contributed by atoms with Crippen molar-refractivity contribution in [1.29, 1.82) is 0 Å². The largest absolute Gasteiger partial charge is 0.378 e. The quantitative estimate of drug-likeness (QED) is 0.226. The maximum atomic E-state index is 6.02. The van der Waals surface area contributed by atoms with Crippen LogP contribution >= 0.6 is 24.0 Å². The first-order valence-electron chi connectivity index (χ1n) is 10.7. The SMILES string of the molecule is Cc1nnc(CNC(=NCc2ccccc2)NCCCOC2CCCCC2)n1C.I. The lowest BCUT2D eigenvalue weighted by Crippen LogP contribution is -2.38. The van der Waals surface area contributed by atoms with Crippen molar-refractivity contribution in [2.75, 3.05) is 13.2 Å². The van der Waals surface area contributed by atoms with E-state index in [1.54, 1.807) is 0 Å². The number of halogens is 1. The van der Waals surface area contributed by atoms with E-state index in [2.05, 4.69) is 33.0 Å². The maximum Gasteiger partial charge on any atom is 0.191 e. The fraction of sp³-hybridized carbons (Fsp3) is 0.591. The van der Waals surface area contributed by atoms with Crippen molar-refractivity contribution >= 4 is 29.9 Å². The van der Waals surface area contributed by atoms with Gasteiger partial charge in [-0.15, -0.1) is 34.2 Å². The zero-order valence-corrected chi connectivity index (χ0v) is 20.5. The molecule has 0 saturated heterocycles. The first-order chi connectivity index (χ1) is 14.2. The van der Waals surface area contributed by atoms with Gasteiger partial charge in [0.25, 0.3) is 0 Å². The number of aryl methyl sites for hydroxylation is 1. The Morgan fingerprint density at radius 1 is 1.13 bits per heavy atom. The molecule has 1 aliphatic carbocycles. The highest BCUT2D eigenvalue weighted by molar-refractivity contribution is 14.0. The van der Waals surface area contributed by atoms with Crippen LogP contribution in [0.5, 0.6) is 0 Å². The Bertz CT molecular complexity index is 758. The Balaban J connectivity index is 0.00000320. The van der Waals surface area contributed by atoms with E-state index < -0.39 is 0 Å². The van der Waals surface area contributed by atoms with Crippen molar-refractivity contribution in [2.45, 2.75) is 64.6 Å². The summed E-state index contributed by atoms with van der Waals surface area (Å²) in [5.74, 6) is 2.57. The van der Waals surface area contributed by atoms with Crippen LogP contribution in [0.15, 0.2) is 35.3 Å². The molecule has 2 aromatic rings. The van der Waals surface area contributed by atoms with Crippen LogP contribution < -0.4 is 10.6 Å². The van der Waals surface area contributed by atoms with Crippen LogP contribution in [0.25, 0.3) is 0 Å². The summed E-state index contributed by atoms with van der Waals surface area (Å²) in [4.78, 5) is 4.73. The van der Waals surface area contributed by atoms with E-state index in [1.165, 1.54) is 37.7 Å². The Labute approximate surface area is 197 Å². The molecule has 7 nitrogen and oxygen atoms in total. The monoisotopic (exact) mass is 526 g/mol. The molecule has 8 heteroatoms. The van der Waals surface area contributed by atoms with Crippen LogP contribution in [-0.2, 0) is 24.9 Å². The number of nitrogens with one attached hydrogen (secondary N) is 2. The molecule has 2 N–H and O–H groups in total. The van der Waals surface area contributed by atoms with Crippen molar-refractivity contribution in [3.8, 4) is 0 Å². The van der Waals surface area contributed by atoms with Crippen LogP contribution in [0.2, 0.25) is 0 Å². The van der Waals surface area contributed by atoms with Gasteiger partial charge in [-0.05, 0) is 31.7 Å². The zero-order chi connectivity index (χ0) is 20.3. The number of guanidine groups is 1. The first-order valence-corrected chi connectivity index (χ1v) is 10.7. The fourth-order valence-electron chi connectivity index (χ4n) is 3.46. The van der Waals surface area contributed by atoms with Gasteiger partial charge in [0.05, 0.1) is 19.2 Å². The zero-order valence-electron chi connectivity index (χ0n) is 18.1. The van der Waals surface area contributed by atoms with Gasteiger partial charge >= 0.3 is 0 Å². The van der Waals surface area contributed by atoms with Crippen LogP contribution in [0.3, 0.4) is 0 Å². The molecular weight excluding hydrogens is 491 g/mol. The molecule has 0 amide bonds. The summed E-state index contributed by atoms with van der Waals surface area (Å²) < 4.78 is 8.01. The Morgan fingerprint density at radius 2 is 1.90 bits per heavy atom. The van der Waals surface area contributed by atoms with E-state index in [-0.39, 0.29) is 24.0 Å². The third-order valence-corrected chi connectivity index (χ3v) is 5.38. The average molecular weight is 526 g/mol. The number of hydrogen-bond donors (Lipinski definition) is 2. The standard InChI is InChI=1S/C22H34N6O.HI/c1-18-26-27-21(28(18)2)17-25-22(24-16-19-10-5-3-6-11-19)23-14-9-15-29-20-12-7-4-8-13-20;/h3,5-6,10-11,20H,4,7-9,12-17H2,1-2H3,(H2,23,24,25);1H. The summed E-state index contributed by atoms with van der Waals surface area (Å²) in [6.45, 7) is 4.78. The Hall–Kier alpha value is -1.68. The molecule has 3 rings (SSSR count). The normalized spacial score (nSPS) is 14.9. The van der Waals surface area contributed by atoms with E-state index in [4.69, 9.17) is 9.73 Å². The van der Waals surface area contributed by atoms with Gasteiger partial charge in [0, 0.05) is 20.2 Å². The molecule has 0 aliphatic heterocycles. The van der Waals surface area contributed by atoms with Crippen molar-refractivity contribution in [3.05, 3.63) is 47.5 Å². The topological polar surface area (TPSA) is 76.4 Å². The number of ether oxygens (including phenoxy) is 1. The molecule has 1 fully saturated rings. The highest BCUT2D eigenvalue weighted by atomic mass is 127. The smallest absolute Gasteiger partial charge is 0.191 e. The van der Waals surface area contributed by atoms with Gasteiger partial charge in [-0.2, -0.15) is 0 Å². The van der Waals surface area contributed by atoms with Crippen molar-refractivity contribution in [3.63, 3.8) is 0 Å². The summed E-state index contributed by atoms with van der Waals surface area (Å²) in [6.07, 6.45) is 7.85. The van der Waals surface area contributed by atoms with Gasteiger partial charge in [0.1, 0.15) is 5.82 Å². The number of rotatable bonds is 9. The van der Waals surface area contributed by atoms with Crippen molar-refractivity contribution < 1.29 is 4.74 Å². The molecule has 0 unspecified atom stereocenters. The van der Waals surface area contributed by atoms with Crippen molar-refractivity contribution in [1.82, 2.24) is 25.4 Å². The molecule has 1 saturated carbocycles. The number of nitrogens with zero attached hydrogens (tertiary/aromatic N) is 4. The van der Waals surface area contributed by atoms with E-state index in [0.717, 1.165) is 37.2 Å². The second kappa shape index (κ2) is 13.6. The number of aromatic nitrogens is 3. The van der Waals surface area contributed by atoms with Gasteiger partial charge in [-0.3, -0.25) is 0 Å². The molecule has 1 aromatic carbocycles. The predicted octanol–water partition coefficient (Wildman–Crippen LogP) is 3.72. The lowest BCUT2D eigenvalue weighted by Gasteiger charge is -2.22. The fourth-order valence-corrected chi connectivity index (χ4v) is 3.46. The van der Waals surface area contributed by atoms with E-state index >= 15 is 0 Å². The minimum Gasteiger partial charge on any atom is -0.378 e. The van der Waals surface area contributed by atoms with Gasteiger partial charge in [-0.25, -0.2) is 4.99 Å². The molecule has 0 bridgehead atoms. The molecule has 30 heavy (non-hydrogen) atoms. The van der Waals surface area contributed by atoms with Gasteiger partial charge in [0.15, 0.2) is 11.8 Å². The van der Waals surface area contributed by atoms with E-state index in [0.29, 0.717) is 19.2 Å². The van der Waals surface area contributed by atoms with E-state index in [9.17, 15) is 0 Å². The second-order valence-corrected chi connectivity index (χ2v) is 7.64. The summed E-state index contributed by atoms with van der Waals surface area (Å²) >= 11 is 0.